The highest BCUT2D eigenvalue weighted by molar-refractivity contribution is 5.74. The van der Waals surface area contributed by atoms with Gasteiger partial charge in [0.25, 0.3) is 0 Å². The lowest BCUT2D eigenvalue weighted by atomic mass is 10.2. The van der Waals surface area contributed by atoms with Crippen LogP contribution >= 0.6 is 0 Å². The third-order valence-corrected chi connectivity index (χ3v) is 4.32. The number of aromatic nitrogens is 2. The molecule has 7 nitrogen and oxygen atoms in total. The largest absolute Gasteiger partial charge is 0.368 e. The van der Waals surface area contributed by atoms with Crippen molar-refractivity contribution in [3.8, 4) is 0 Å². The number of carbonyl (C=O) groups is 1. The summed E-state index contributed by atoms with van der Waals surface area (Å²) in [6.07, 6.45) is 5.36. The van der Waals surface area contributed by atoms with E-state index in [-0.39, 0.29) is 6.03 Å². The molecule has 7 heteroatoms. The van der Waals surface area contributed by atoms with Crippen molar-refractivity contribution in [2.45, 2.75) is 6.54 Å². The van der Waals surface area contributed by atoms with Crippen LogP contribution in [0.25, 0.3) is 0 Å². The molecule has 0 aromatic carbocycles. The van der Waals surface area contributed by atoms with Crippen molar-refractivity contribution in [3.05, 3.63) is 48.4 Å². The summed E-state index contributed by atoms with van der Waals surface area (Å²) >= 11 is 0. The zero-order valence-electron chi connectivity index (χ0n) is 14.7. The third-order valence-electron chi connectivity index (χ3n) is 4.32. The van der Waals surface area contributed by atoms with Crippen molar-refractivity contribution in [2.24, 2.45) is 0 Å². The van der Waals surface area contributed by atoms with E-state index in [1.807, 2.05) is 48.2 Å². The molecule has 0 spiro atoms. The Kier molecular flexibility index (Phi) is 5.33. The molecular formula is C18H24N6O. The van der Waals surface area contributed by atoms with E-state index < -0.39 is 0 Å². The third kappa shape index (κ3) is 4.17. The Bertz CT molecular complexity index is 698. The topological polar surface area (TPSA) is 64.6 Å². The molecule has 2 amide bonds. The van der Waals surface area contributed by atoms with E-state index in [2.05, 4.69) is 20.2 Å². The Hall–Kier alpha value is -2.83. The SMILES string of the molecule is CN(C)c1ncccc1CNC(=O)N1CCN(c2ccncc2)CC1. The molecule has 0 atom stereocenters. The van der Waals surface area contributed by atoms with Crippen molar-refractivity contribution in [2.75, 3.05) is 50.1 Å². The lowest BCUT2D eigenvalue weighted by molar-refractivity contribution is 0.194. The van der Waals surface area contributed by atoms with Crippen LogP contribution in [0.15, 0.2) is 42.9 Å². The van der Waals surface area contributed by atoms with Gasteiger partial charge in [0.2, 0.25) is 0 Å². The van der Waals surface area contributed by atoms with Crippen LogP contribution in [-0.2, 0) is 6.54 Å². The van der Waals surface area contributed by atoms with E-state index in [0.29, 0.717) is 19.6 Å². The highest BCUT2D eigenvalue weighted by Crippen LogP contribution is 2.16. The van der Waals surface area contributed by atoms with Gasteiger partial charge < -0.3 is 20.0 Å². The summed E-state index contributed by atoms with van der Waals surface area (Å²) in [5.41, 5.74) is 2.16. The number of hydrogen-bond donors (Lipinski definition) is 1. The molecule has 0 radical (unpaired) electrons. The highest BCUT2D eigenvalue weighted by Gasteiger charge is 2.21. The number of pyridine rings is 2. The molecule has 1 N–H and O–H groups in total. The van der Waals surface area contributed by atoms with Gasteiger partial charge in [0.15, 0.2) is 0 Å². The van der Waals surface area contributed by atoms with Crippen LogP contribution < -0.4 is 15.1 Å². The maximum atomic E-state index is 12.4. The number of piperazine rings is 1. The molecule has 2 aromatic heterocycles. The van der Waals surface area contributed by atoms with E-state index in [9.17, 15) is 4.79 Å². The predicted molar refractivity (Wildman–Crippen MR) is 98.8 cm³/mol. The number of urea groups is 1. The van der Waals surface area contributed by atoms with Crippen molar-refractivity contribution >= 4 is 17.5 Å². The van der Waals surface area contributed by atoms with E-state index >= 15 is 0 Å². The molecule has 0 unspecified atom stereocenters. The number of anilines is 2. The Balaban J connectivity index is 1.52. The zero-order chi connectivity index (χ0) is 17.6. The Morgan fingerprint density at radius 3 is 2.52 bits per heavy atom. The first-order valence-electron chi connectivity index (χ1n) is 8.44. The first-order valence-corrected chi connectivity index (χ1v) is 8.44. The fourth-order valence-electron chi connectivity index (χ4n) is 2.98. The molecule has 0 saturated carbocycles. The van der Waals surface area contributed by atoms with Crippen LogP contribution in [0.4, 0.5) is 16.3 Å². The number of nitrogens with zero attached hydrogens (tertiary/aromatic N) is 5. The van der Waals surface area contributed by atoms with Crippen molar-refractivity contribution in [1.82, 2.24) is 20.2 Å². The van der Waals surface area contributed by atoms with Crippen LogP contribution in [0.2, 0.25) is 0 Å². The first kappa shape index (κ1) is 17.0. The maximum absolute atomic E-state index is 12.4. The Morgan fingerprint density at radius 2 is 1.84 bits per heavy atom. The standard InChI is InChI=1S/C18H24N6O/c1-22(2)17-15(4-3-7-20-17)14-21-18(25)24-12-10-23(11-13-24)16-5-8-19-9-6-16/h3-9H,10-14H2,1-2H3,(H,21,25). The predicted octanol–water partition coefficient (Wildman–Crippen LogP) is 1.57. The molecular weight excluding hydrogens is 316 g/mol. The Labute approximate surface area is 148 Å². The summed E-state index contributed by atoms with van der Waals surface area (Å²) in [7, 11) is 3.90. The summed E-state index contributed by atoms with van der Waals surface area (Å²) in [6, 6.07) is 7.86. The lowest BCUT2D eigenvalue weighted by Gasteiger charge is -2.36. The first-order chi connectivity index (χ1) is 12.1. The maximum Gasteiger partial charge on any atom is 0.317 e. The highest BCUT2D eigenvalue weighted by atomic mass is 16.2. The van der Waals surface area contributed by atoms with E-state index in [1.165, 1.54) is 0 Å². The number of rotatable bonds is 4. The van der Waals surface area contributed by atoms with Gasteiger partial charge in [-0.1, -0.05) is 6.07 Å². The monoisotopic (exact) mass is 340 g/mol. The van der Waals surface area contributed by atoms with Gasteiger partial charge >= 0.3 is 6.03 Å². The minimum absolute atomic E-state index is 0.0251. The summed E-state index contributed by atoms with van der Waals surface area (Å²) in [5.74, 6) is 0.880. The molecule has 1 aliphatic heterocycles. The summed E-state index contributed by atoms with van der Waals surface area (Å²) in [5, 5.41) is 3.01. The average Bonchev–Trinajstić information content (AvgIpc) is 2.67. The normalized spacial score (nSPS) is 14.3. The van der Waals surface area contributed by atoms with Gasteiger partial charge in [-0.2, -0.15) is 0 Å². The Morgan fingerprint density at radius 1 is 1.12 bits per heavy atom. The van der Waals surface area contributed by atoms with Gasteiger partial charge in [0.1, 0.15) is 5.82 Å². The number of nitrogens with one attached hydrogen (secondary N) is 1. The van der Waals surface area contributed by atoms with Crippen LogP contribution in [0.5, 0.6) is 0 Å². The van der Waals surface area contributed by atoms with E-state index in [0.717, 1.165) is 30.2 Å². The average molecular weight is 340 g/mol. The van der Waals surface area contributed by atoms with Gasteiger partial charge in [0.05, 0.1) is 0 Å². The molecule has 3 rings (SSSR count). The smallest absolute Gasteiger partial charge is 0.317 e. The molecule has 1 aliphatic rings. The summed E-state index contributed by atoms with van der Waals surface area (Å²) < 4.78 is 0. The van der Waals surface area contributed by atoms with Crippen molar-refractivity contribution in [3.63, 3.8) is 0 Å². The molecule has 0 aliphatic carbocycles. The van der Waals surface area contributed by atoms with Gasteiger partial charge in [-0.25, -0.2) is 9.78 Å². The van der Waals surface area contributed by atoms with E-state index in [1.54, 1.807) is 18.6 Å². The van der Waals surface area contributed by atoms with E-state index in [4.69, 9.17) is 0 Å². The lowest BCUT2D eigenvalue weighted by Crippen LogP contribution is -2.51. The minimum Gasteiger partial charge on any atom is -0.368 e. The molecule has 0 bridgehead atoms. The van der Waals surface area contributed by atoms with Gasteiger partial charge in [-0.05, 0) is 18.2 Å². The second kappa shape index (κ2) is 7.83. The van der Waals surface area contributed by atoms with Crippen LogP contribution in [0, 0.1) is 0 Å². The van der Waals surface area contributed by atoms with Gasteiger partial charge in [-0.15, -0.1) is 0 Å². The molecule has 1 saturated heterocycles. The fourth-order valence-corrected chi connectivity index (χ4v) is 2.98. The van der Waals surface area contributed by atoms with Crippen molar-refractivity contribution < 1.29 is 4.79 Å². The summed E-state index contributed by atoms with van der Waals surface area (Å²) in [4.78, 5) is 26.9. The number of carbonyl (C=O) groups excluding carboxylic acids is 1. The quantitative estimate of drug-likeness (QED) is 0.915. The summed E-state index contributed by atoms with van der Waals surface area (Å²) in [6.45, 7) is 3.55. The molecule has 2 aromatic rings. The molecule has 25 heavy (non-hydrogen) atoms. The fraction of sp³-hybridized carbons (Fsp3) is 0.389. The molecule has 1 fully saturated rings. The van der Waals surface area contributed by atoms with Gasteiger partial charge in [-0.3, -0.25) is 4.98 Å². The van der Waals surface area contributed by atoms with Crippen LogP contribution in [-0.4, -0.2) is 61.2 Å². The van der Waals surface area contributed by atoms with Gasteiger partial charge in [0, 0.05) is 76.7 Å². The van der Waals surface area contributed by atoms with Crippen LogP contribution in [0.3, 0.4) is 0 Å². The number of hydrogen-bond acceptors (Lipinski definition) is 5. The zero-order valence-corrected chi connectivity index (χ0v) is 14.7. The second-order valence-corrected chi connectivity index (χ2v) is 6.22. The molecule has 3 heterocycles. The minimum atomic E-state index is -0.0251. The molecule has 132 valence electrons. The number of amides is 2. The van der Waals surface area contributed by atoms with Crippen molar-refractivity contribution in [1.29, 1.82) is 0 Å². The second-order valence-electron chi connectivity index (χ2n) is 6.22. The van der Waals surface area contributed by atoms with Crippen LogP contribution in [0.1, 0.15) is 5.56 Å².